The fraction of sp³-hybridized carbons (Fsp3) is 0.500. The number of nitrogens with two attached hydrogens (primary N) is 1. The summed E-state index contributed by atoms with van der Waals surface area (Å²) in [6.45, 7) is 2.40. The molecule has 1 fully saturated rings. The van der Waals surface area contributed by atoms with Crippen LogP contribution in [0.5, 0.6) is 0 Å². The van der Waals surface area contributed by atoms with Crippen molar-refractivity contribution in [1.82, 2.24) is 4.31 Å². The molecule has 1 aliphatic heterocycles. The Balaban J connectivity index is 2.50. The van der Waals surface area contributed by atoms with Crippen molar-refractivity contribution >= 4 is 38.9 Å². The van der Waals surface area contributed by atoms with Gasteiger partial charge in [-0.2, -0.15) is 4.31 Å². The molecule has 19 heavy (non-hydrogen) atoms. The molecule has 1 aromatic rings. The Morgan fingerprint density at radius 2 is 2.00 bits per heavy atom. The van der Waals surface area contributed by atoms with Gasteiger partial charge in [-0.15, -0.1) is 0 Å². The molecule has 2 rings (SSSR count). The van der Waals surface area contributed by atoms with Gasteiger partial charge in [-0.3, -0.25) is 0 Å². The summed E-state index contributed by atoms with van der Waals surface area (Å²) in [5.41, 5.74) is 5.88. The molecule has 0 bridgehead atoms. The van der Waals surface area contributed by atoms with Crippen LogP contribution in [0.1, 0.15) is 26.2 Å². The maximum absolute atomic E-state index is 12.7. The molecule has 0 spiro atoms. The minimum atomic E-state index is -3.67. The van der Waals surface area contributed by atoms with Gasteiger partial charge in [0.2, 0.25) is 10.0 Å². The lowest BCUT2D eigenvalue weighted by atomic mass is 10.1. The van der Waals surface area contributed by atoms with Gasteiger partial charge in [0.1, 0.15) is 4.90 Å². The number of hydrogen-bond donors (Lipinski definition) is 1. The van der Waals surface area contributed by atoms with E-state index in [0.29, 0.717) is 11.6 Å². The molecule has 0 aromatic heterocycles. The van der Waals surface area contributed by atoms with Crippen LogP contribution in [0.15, 0.2) is 17.0 Å². The van der Waals surface area contributed by atoms with Gasteiger partial charge >= 0.3 is 0 Å². The van der Waals surface area contributed by atoms with Crippen LogP contribution in [0.2, 0.25) is 10.0 Å². The van der Waals surface area contributed by atoms with Crippen LogP contribution in [-0.2, 0) is 10.0 Å². The molecule has 1 aliphatic rings. The fourth-order valence-corrected chi connectivity index (χ4v) is 5.05. The van der Waals surface area contributed by atoms with E-state index in [1.165, 1.54) is 16.4 Å². The number of piperidine rings is 1. The van der Waals surface area contributed by atoms with Gasteiger partial charge in [0, 0.05) is 17.6 Å². The summed E-state index contributed by atoms with van der Waals surface area (Å²) < 4.78 is 26.8. The summed E-state index contributed by atoms with van der Waals surface area (Å²) in [7, 11) is -3.67. The van der Waals surface area contributed by atoms with Crippen molar-refractivity contribution in [3.8, 4) is 0 Å². The molecule has 2 N–H and O–H groups in total. The van der Waals surface area contributed by atoms with Gasteiger partial charge in [0.15, 0.2) is 0 Å². The molecule has 1 saturated heterocycles. The van der Waals surface area contributed by atoms with E-state index >= 15 is 0 Å². The van der Waals surface area contributed by atoms with Crippen LogP contribution in [0.4, 0.5) is 5.69 Å². The van der Waals surface area contributed by atoms with E-state index in [1.807, 2.05) is 6.92 Å². The lowest BCUT2D eigenvalue weighted by Crippen LogP contribution is -2.42. The van der Waals surface area contributed by atoms with Crippen LogP contribution in [0.25, 0.3) is 0 Å². The quantitative estimate of drug-likeness (QED) is 0.851. The van der Waals surface area contributed by atoms with Crippen LogP contribution >= 0.6 is 23.2 Å². The minimum Gasteiger partial charge on any atom is -0.398 e. The summed E-state index contributed by atoms with van der Waals surface area (Å²) in [5.74, 6) is 0. The molecule has 106 valence electrons. The lowest BCUT2D eigenvalue weighted by Gasteiger charge is -2.32. The summed E-state index contributed by atoms with van der Waals surface area (Å²) >= 11 is 11.8. The summed E-state index contributed by atoms with van der Waals surface area (Å²) in [6.07, 6.45) is 2.75. The number of anilines is 1. The van der Waals surface area contributed by atoms with Gasteiger partial charge in [0.05, 0.1) is 10.7 Å². The zero-order chi connectivity index (χ0) is 14.2. The van der Waals surface area contributed by atoms with Crippen molar-refractivity contribution in [3.63, 3.8) is 0 Å². The molecule has 1 aromatic carbocycles. The lowest BCUT2D eigenvalue weighted by molar-refractivity contribution is 0.269. The second kappa shape index (κ2) is 5.48. The third-order valence-corrected chi connectivity index (χ3v) is 6.11. The second-order valence-electron chi connectivity index (χ2n) is 4.77. The Kier molecular flexibility index (Phi) is 4.30. The highest BCUT2D eigenvalue weighted by Crippen LogP contribution is 2.35. The SMILES string of the molecule is CC1CCCCN1S(=O)(=O)c1c(N)cc(Cl)cc1Cl. The van der Waals surface area contributed by atoms with Gasteiger partial charge in [-0.25, -0.2) is 8.42 Å². The molecular weight excluding hydrogens is 307 g/mol. The van der Waals surface area contributed by atoms with Crippen LogP contribution < -0.4 is 5.73 Å². The molecule has 0 amide bonds. The molecule has 0 saturated carbocycles. The van der Waals surface area contributed by atoms with E-state index in [4.69, 9.17) is 28.9 Å². The molecular formula is C12H16Cl2N2O2S. The van der Waals surface area contributed by atoms with E-state index < -0.39 is 10.0 Å². The highest BCUT2D eigenvalue weighted by atomic mass is 35.5. The third kappa shape index (κ3) is 2.84. The number of hydrogen-bond acceptors (Lipinski definition) is 3. The highest BCUT2D eigenvalue weighted by molar-refractivity contribution is 7.89. The molecule has 4 nitrogen and oxygen atoms in total. The number of nitrogens with zero attached hydrogens (tertiary/aromatic N) is 1. The van der Waals surface area contributed by atoms with Crippen LogP contribution in [-0.4, -0.2) is 25.3 Å². The first-order valence-corrected chi connectivity index (χ1v) is 8.30. The first-order valence-electron chi connectivity index (χ1n) is 6.10. The predicted molar refractivity (Wildman–Crippen MR) is 78.1 cm³/mol. The number of halogens is 2. The minimum absolute atomic E-state index is 0.0349. The van der Waals surface area contributed by atoms with Crippen LogP contribution in [0, 0.1) is 0 Å². The Hall–Kier alpha value is -0.490. The smallest absolute Gasteiger partial charge is 0.246 e. The number of nitrogen functional groups attached to an aromatic ring is 1. The molecule has 0 radical (unpaired) electrons. The first-order chi connectivity index (χ1) is 8.84. The zero-order valence-corrected chi connectivity index (χ0v) is 12.9. The van der Waals surface area contributed by atoms with Crippen molar-refractivity contribution < 1.29 is 8.42 Å². The van der Waals surface area contributed by atoms with E-state index in [-0.39, 0.29) is 21.6 Å². The normalized spacial score (nSPS) is 21.5. The van der Waals surface area contributed by atoms with Gasteiger partial charge in [0.25, 0.3) is 0 Å². The number of benzene rings is 1. The van der Waals surface area contributed by atoms with E-state index in [0.717, 1.165) is 19.3 Å². The Labute approximate surface area is 123 Å². The number of rotatable bonds is 2. The van der Waals surface area contributed by atoms with E-state index in [9.17, 15) is 8.42 Å². The summed E-state index contributed by atoms with van der Waals surface area (Å²) in [4.78, 5) is -0.0349. The summed E-state index contributed by atoms with van der Waals surface area (Å²) in [6, 6.07) is 2.78. The fourth-order valence-electron chi connectivity index (χ4n) is 2.40. The van der Waals surface area contributed by atoms with Crippen molar-refractivity contribution in [2.75, 3.05) is 12.3 Å². The predicted octanol–water partition coefficient (Wildman–Crippen LogP) is 3.14. The monoisotopic (exact) mass is 322 g/mol. The second-order valence-corrected chi connectivity index (χ2v) is 7.44. The molecule has 0 aliphatic carbocycles. The van der Waals surface area contributed by atoms with E-state index in [2.05, 4.69) is 0 Å². The van der Waals surface area contributed by atoms with Crippen LogP contribution in [0.3, 0.4) is 0 Å². The average Bonchev–Trinajstić information content (AvgIpc) is 2.27. The van der Waals surface area contributed by atoms with E-state index in [1.54, 1.807) is 0 Å². The largest absolute Gasteiger partial charge is 0.398 e. The van der Waals surface area contributed by atoms with Crippen molar-refractivity contribution in [1.29, 1.82) is 0 Å². The molecule has 7 heteroatoms. The Morgan fingerprint density at radius 1 is 1.32 bits per heavy atom. The Morgan fingerprint density at radius 3 is 2.58 bits per heavy atom. The zero-order valence-electron chi connectivity index (χ0n) is 10.6. The van der Waals surface area contributed by atoms with Crippen molar-refractivity contribution in [3.05, 3.63) is 22.2 Å². The molecule has 1 atom stereocenters. The number of sulfonamides is 1. The Bertz CT molecular complexity index is 566. The first kappa shape index (κ1) is 14.9. The average molecular weight is 323 g/mol. The summed E-state index contributed by atoms with van der Waals surface area (Å²) in [5, 5.41) is 0.399. The standard InChI is InChI=1S/C12H16Cl2N2O2S/c1-8-4-2-3-5-16(8)19(17,18)12-10(14)6-9(13)7-11(12)15/h6-8H,2-5,15H2,1H3. The van der Waals surface area contributed by atoms with Crippen molar-refractivity contribution in [2.24, 2.45) is 0 Å². The van der Waals surface area contributed by atoms with Gasteiger partial charge in [-0.05, 0) is 31.9 Å². The maximum atomic E-state index is 12.7. The molecule has 1 unspecified atom stereocenters. The molecule has 1 heterocycles. The van der Waals surface area contributed by atoms with Gasteiger partial charge in [-0.1, -0.05) is 29.6 Å². The van der Waals surface area contributed by atoms with Gasteiger partial charge < -0.3 is 5.73 Å². The maximum Gasteiger partial charge on any atom is 0.246 e. The third-order valence-electron chi connectivity index (χ3n) is 3.35. The van der Waals surface area contributed by atoms with Crippen molar-refractivity contribution in [2.45, 2.75) is 37.1 Å². The highest BCUT2D eigenvalue weighted by Gasteiger charge is 2.33. The topological polar surface area (TPSA) is 63.4 Å².